The molecule has 70 valence electrons. The number of hydrogen-bond donors (Lipinski definition) is 2. The number of benzene rings is 1. The minimum atomic E-state index is 0.0974. The Kier molecular flexibility index (Phi) is 4.57. The quantitative estimate of drug-likeness (QED) is 0.794. The molecule has 0 amide bonds. The molecule has 1 rings (SSSR count). The Morgan fingerprint density at radius 3 is 2.92 bits per heavy atom. The minimum Gasteiger partial charge on any atom is -0.392 e. The number of anilines is 1. The molecule has 0 unspecified atom stereocenters. The molecule has 0 radical (unpaired) electrons. The van der Waals surface area contributed by atoms with Gasteiger partial charge in [-0.25, -0.2) is 0 Å². The van der Waals surface area contributed by atoms with Crippen LogP contribution in [0.1, 0.15) is 0 Å². The molecule has 0 bridgehead atoms. The van der Waals surface area contributed by atoms with E-state index in [0.29, 0.717) is 0 Å². The number of hydrogen-bond acceptors (Lipinski definition) is 2. The Labute approximate surface area is 86.4 Å². The summed E-state index contributed by atoms with van der Waals surface area (Å²) in [6, 6.07) is 7.96. The van der Waals surface area contributed by atoms with E-state index in [9.17, 15) is 0 Å². The summed E-state index contributed by atoms with van der Waals surface area (Å²) < 4.78 is 1.06. The van der Waals surface area contributed by atoms with Crippen molar-refractivity contribution in [2.45, 2.75) is 0 Å². The predicted molar refractivity (Wildman–Crippen MR) is 58.9 cm³/mol. The number of nitrogens with one attached hydrogen (secondary N) is 1. The molecule has 0 aliphatic carbocycles. The fourth-order valence-corrected chi connectivity index (χ4v) is 1.33. The van der Waals surface area contributed by atoms with E-state index in [-0.39, 0.29) is 6.61 Å². The van der Waals surface area contributed by atoms with Gasteiger partial charge in [0.05, 0.1) is 6.61 Å². The van der Waals surface area contributed by atoms with Crippen molar-refractivity contribution in [3.63, 3.8) is 0 Å². The van der Waals surface area contributed by atoms with Gasteiger partial charge in [-0.1, -0.05) is 34.1 Å². The number of rotatable bonds is 4. The number of halogens is 1. The van der Waals surface area contributed by atoms with Gasteiger partial charge in [-0.3, -0.25) is 0 Å². The van der Waals surface area contributed by atoms with Crippen molar-refractivity contribution in [3.8, 4) is 0 Å². The van der Waals surface area contributed by atoms with E-state index in [1.807, 2.05) is 30.3 Å². The highest BCUT2D eigenvalue weighted by atomic mass is 79.9. The van der Waals surface area contributed by atoms with E-state index >= 15 is 0 Å². The van der Waals surface area contributed by atoms with E-state index < -0.39 is 0 Å². The highest BCUT2D eigenvalue weighted by molar-refractivity contribution is 9.10. The van der Waals surface area contributed by atoms with Crippen molar-refractivity contribution in [1.29, 1.82) is 0 Å². The fourth-order valence-electron chi connectivity index (χ4n) is 0.933. The summed E-state index contributed by atoms with van der Waals surface area (Å²) in [5.41, 5.74) is 1.07. The highest BCUT2D eigenvalue weighted by Gasteiger charge is 1.89. The third-order valence-corrected chi connectivity index (χ3v) is 2.01. The standard InChI is InChI=1S/C10H12BrNO/c11-9-4-3-5-10(8-9)12-6-1-2-7-13/h1-5,8,12-13H,6-7H2/b2-1+. The lowest BCUT2D eigenvalue weighted by Gasteiger charge is -2.02. The van der Waals surface area contributed by atoms with Crippen LogP contribution in [0.15, 0.2) is 40.9 Å². The molecule has 0 atom stereocenters. The minimum absolute atomic E-state index is 0.0974. The Balaban J connectivity index is 2.41. The topological polar surface area (TPSA) is 32.3 Å². The van der Waals surface area contributed by atoms with Crippen molar-refractivity contribution in [1.82, 2.24) is 0 Å². The molecule has 2 N–H and O–H groups in total. The lowest BCUT2D eigenvalue weighted by atomic mass is 10.3. The molecular weight excluding hydrogens is 230 g/mol. The molecule has 0 heterocycles. The van der Waals surface area contributed by atoms with Gasteiger partial charge < -0.3 is 10.4 Å². The van der Waals surface area contributed by atoms with Gasteiger partial charge in [0.2, 0.25) is 0 Å². The second kappa shape index (κ2) is 5.78. The van der Waals surface area contributed by atoms with Crippen molar-refractivity contribution >= 4 is 21.6 Å². The first-order valence-corrected chi connectivity index (χ1v) is 4.87. The first-order valence-electron chi connectivity index (χ1n) is 4.08. The van der Waals surface area contributed by atoms with Crippen LogP contribution >= 0.6 is 15.9 Å². The van der Waals surface area contributed by atoms with Gasteiger partial charge >= 0.3 is 0 Å². The zero-order chi connectivity index (χ0) is 9.52. The van der Waals surface area contributed by atoms with Gasteiger partial charge in [0.15, 0.2) is 0 Å². The van der Waals surface area contributed by atoms with Crippen molar-refractivity contribution in [3.05, 3.63) is 40.9 Å². The molecule has 0 aliphatic heterocycles. The largest absolute Gasteiger partial charge is 0.392 e. The summed E-state index contributed by atoms with van der Waals surface area (Å²) >= 11 is 3.39. The molecular formula is C10H12BrNO. The number of aliphatic hydroxyl groups is 1. The summed E-state index contributed by atoms with van der Waals surface area (Å²) in [6.45, 7) is 0.831. The van der Waals surface area contributed by atoms with E-state index in [2.05, 4.69) is 21.2 Å². The van der Waals surface area contributed by atoms with Gasteiger partial charge in [-0.2, -0.15) is 0 Å². The summed E-state index contributed by atoms with van der Waals surface area (Å²) in [7, 11) is 0. The highest BCUT2D eigenvalue weighted by Crippen LogP contribution is 2.15. The first-order chi connectivity index (χ1) is 6.33. The second-order valence-electron chi connectivity index (χ2n) is 2.55. The summed E-state index contributed by atoms with van der Waals surface area (Å²) in [5.74, 6) is 0. The molecule has 0 fully saturated rings. The normalized spacial score (nSPS) is 10.6. The molecule has 1 aromatic rings. The maximum Gasteiger partial charge on any atom is 0.0613 e. The Hall–Kier alpha value is -0.800. The second-order valence-corrected chi connectivity index (χ2v) is 3.46. The summed E-state index contributed by atoms with van der Waals surface area (Å²) in [6.07, 6.45) is 3.60. The van der Waals surface area contributed by atoms with E-state index in [4.69, 9.17) is 5.11 Å². The molecule has 0 saturated heterocycles. The van der Waals surface area contributed by atoms with Crippen LogP contribution in [0.2, 0.25) is 0 Å². The van der Waals surface area contributed by atoms with Crippen molar-refractivity contribution < 1.29 is 5.11 Å². The average molecular weight is 242 g/mol. The van der Waals surface area contributed by atoms with Crippen LogP contribution < -0.4 is 5.32 Å². The van der Waals surface area contributed by atoms with E-state index in [1.54, 1.807) is 6.08 Å². The molecule has 13 heavy (non-hydrogen) atoms. The van der Waals surface area contributed by atoms with Gasteiger partial charge in [0.25, 0.3) is 0 Å². The summed E-state index contributed by atoms with van der Waals surface area (Å²) in [4.78, 5) is 0. The van der Waals surface area contributed by atoms with Crippen LogP contribution in [-0.4, -0.2) is 18.3 Å². The Morgan fingerprint density at radius 2 is 2.23 bits per heavy atom. The third-order valence-electron chi connectivity index (χ3n) is 1.52. The summed E-state index contributed by atoms with van der Waals surface area (Å²) in [5, 5.41) is 11.7. The Morgan fingerprint density at radius 1 is 1.38 bits per heavy atom. The molecule has 2 nitrogen and oxygen atoms in total. The van der Waals surface area contributed by atoms with Crippen LogP contribution in [0.4, 0.5) is 5.69 Å². The van der Waals surface area contributed by atoms with Crippen LogP contribution in [0.3, 0.4) is 0 Å². The monoisotopic (exact) mass is 241 g/mol. The van der Waals surface area contributed by atoms with E-state index in [0.717, 1.165) is 16.7 Å². The Bertz CT molecular complexity index is 286. The lowest BCUT2D eigenvalue weighted by molar-refractivity contribution is 0.342. The maximum atomic E-state index is 8.49. The average Bonchev–Trinajstić information content (AvgIpc) is 2.13. The zero-order valence-electron chi connectivity index (χ0n) is 7.20. The fraction of sp³-hybridized carbons (Fsp3) is 0.200. The maximum absolute atomic E-state index is 8.49. The van der Waals surface area contributed by atoms with Gasteiger partial charge in [-0.05, 0) is 18.2 Å². The van der Waals surface area contributed by atoms with Crippen LogP contribution in [0.5, 0.6) is 0 Å². The van der Waals surface area contributed by atoms with Crippen molar-refractivity contribution in [2.24, 2.45) is 0 Å². The van der Waals surface area contributed by atoms with Crippen LogP contribution in [0.25, 0.3) is 0 Å². The van der Waals surface area contributed by atoms with Crippen molar-refractivity contribution in [2.75, 3.05) is 18.5 Å². The van der Waals surface area contributed by atoms with Gasteiger partial charge in [0.1, 0.15) is 0 Å². The van der Waals surface area contributed by atoms with Crippen LogP contribution in [-0.2, 0) is 0 Å². The predicted octanol–water partition coefficient (Wildman–Crippen LogP) is 2.41. The lowest BCUT2D eigenvalue weighted by Crippen LogP contribution is -1.97. The first kappa shape index (κ1) is 10.3. The molecule has 0 spiro atoms. The molecule has 0 aromatic heterocycles. The molecule has 0 aliphatic rings. The molecule has 3 heteroatoms. The number of aliphatic hydroxyl groups excluding tert-OH is 1. The van der Waals surface area contributed by atoms with Gasteiger partial charge in [0, 0.05) is 16.7 Å². The zero-order valence-corrected chi connectivity index (χ0v) is 8.79. The van der Waals surface area contributed by atoms with E-state index in [1.165, 1.54) is 0 Å². The van der Waals surface area contributed by atoms with Crippen LogP contribution in [0, 0.1) is 0 Å². The molecule has 0 saturated carbocycles. The SMILES string of the molecule is OC/C=C/CNc1cccc(Br)c1. The smallest absolute Gasteiger partial charge is 0.0613 e. The third kappa shape index (κ3) is 4.10. The molecule has 1 aromatic carbocycles. The van der Waals surface area contributed by atoms with Gasteiger partial charge in [-0.15, -0.1) is 0 Å².